The van der Waals surface area contributed by atoms with Crippen molar-refractivity contribution >= 4 is 0 Å². The molecule has 0 amide bonds. The first-order valence-electron chi connectivity index (χ1n) is 9.40. The molecule has 0 bridgehead atoms. The minimum Gasteiger partial charge on any atom is -0.0996 e. The molecular formula is C20H40. The van der Waals surface area contributed by atoms with Gasteiger partial charge < -0.3 is 0 Å². The van der Waals surface area contributed by atoms with Crippen LogP contribution < -0.4 is 0 Å². The predicted octanol–water partition coefficient (Wildman–Crippen LogP) is 7.68. The smallest absolute Gasteiger partial charge is 0.0234 e. The Hall–Kier alpha value is -0.260. The van der Waals surface area contributed by atoms with Gasteiger partial charge in [-0.3, -0.25) is 0 Å². The van der Waals surface area contributed by atoms with Crippen molar-refractivity contribution < 1.29 is 0 Å². The molecule has 0 aliphatic heterocycles. The van der Waals surface area contributed by atoms with Crippen LogP contribution in [0.3, 0.4) is 0 Å². The normalized spacial score (nSPS) is 12.6. The molecule has 120 valence electrons. The van der Waals surface area contributed by atoms with Crippen LogP contribution >= 0.6 is 0 Å². The molecule has 0 aromatic carbocycles. The summed E-state index contributed by atoms with van der Waals surface area (Å²) in [5, 5.41) is 0. The second-order valence-electron chi connectivity index (χ2n) is 6.63. The van der Waals surface area contributed by atoms with E-state index in [4.69, 9.17) is 0 Å². The molecular weight excluding hydrogens is 240 g/mol. The summed E-state index contributed by atoms with van der Waals surface area (Å²) >= 11 is 0. The van der Waals surface area contributed by atoms with Crippen LogP contribution in [0.25, 0.3) is 0 Å². The van der Waals surface area contributed by atoms with E-state index >= 15 is 0 Å². The quantitative estimate of drug-likeness (QED) is 0.213. The molecule has 0 spiro atoms. The average molecular weight is 281 g/mol. The molecule has 0 heteroatoms. The van der Waals surface area contributed by atoms with Gasteiger partial charge in [0.1, 0.15) is 0 Å². The molecule has 0 radical (unpaired) electrons. The van der Waals surface area contributed by atoms with Crippen molar-refractivity contribution in [1.29, 1.82) is 0 Å². The molecule has 1 atom stereocenters. The largest absolute Gasteiger partial charge is 0.0996 e. The highest BCUT2D eigenvalue weighted by Crippen LogP contribution is 2.22. The van der Waals surface area contributed by atoms with E-state index in [9.17, 15) is 0 Å². The molecule has 0 nitrogen and oxygen atoms in total. The van der Waals surface area contributed by atoms with E-state index < -0.39 is 0 Å². The van der Waals surface area contributed by atoms with E-state index in [0.717, 1.165) is 5.92 Å². The summed E-state index contributed by atoms with van der Waals surface area (Å²) in [5.74, 6) is 0.747. The van der Waals surface area contributed by atoms with Gasteiger partial charge in [0.25, 0.3) is 0 Å². The van der Waals surface area contributed by atoms with E-state index in [1.165, 1.54) is 95.5 Å². The molecule has 0 fully saturated rings. The minimum absolute atomic E-state index is 0.747. The van der Waals surface area contributed by atoms with Gasteiger partial charge in [0.2, 0.25) is 0 Å². The monoisotopic (exact) mass is 280 g/mol. The van der Waals surface area contributed by atoms with Crippen molar-refractivity contribution in [2.24, 2.45) is 5.92 Å². The van der Waals surface area contributed by atoms with Gasteiger partial charge in [0, 0.05) is 0 Å². The Labute approximate surface area is 129 Å². The molecule has 0 heterocycles. The standard InChI is InChI=1S/C20H40/c1-5-7-9-11-13-15-17-19(3)20(4)18-16-14-12-10-8-6-2/h20H,3,5-18H2,1-2,4H3. The van der Waals surface area contributed by atoms with E-state index in [2.05, 4.69) is 27.4 Å². The predicted molar refractivity (Wildman–Crippen MR) is 94.3 cm³/mol. The van der Waals surface area contributed by atoms with Gasteiger partial charge in [-0.15, -0.1) is 0 Å². The molecule has 0 aliphatic rings. The van der Waals surface area contributed by atoms with Crippen molar-refractivity contribution in [2.75, 3.05) is 0 Å². The molecule has 0 saturated carbocycles. The van der Waals surface area contributed by atoms with Gasteiger partial charge in [0.05, 0.1) is 0 Å². The first-order chi connectivity index (χ1) is 9.72. The Morgan fingerprint density at radius 3 is 1.70 bits per heavy atom. The van der Waals surface area contributed by atoms with Crippen molar-refractivity contribution in [3.05, 3.63) is 12.2 Å². The number of hydrogen-bond acceptors (Lipinski definition) is 0. The molecule has 0 aliphatic carbocycles. The first-order valence-corrected chi connectivity index (χ1v) is 9.40. The van der Waals surface area contributed by atoms with E-state index in [0.29, 0.717) is 0 Å². The fraction of sp³-hybridized carbons (Fsp3) is 0.900. The third-order valence-corrected chi connectivity index (χ3v) is 4.54. The Balaban J connectivity index is 3.37. The van der Waals surface area contributed by atoms with Crippen molar-refractivity contribution in [3.63, 3.8) is 0 Å². The van der Waals surface area contributed by atoms with Crippen LogP contribution in [-0.2, 0) is 0 Å². The summed E-state index contributed by atoms with van der Waals surface area (Å²) in [4.78, 5) is 0. The second kappa shape index (κ2) is 15.1. The van der Waals surface area contributed by atoms with Crippen LogP contribution in [0.4, 0.5) is 0 Å². The lowest BCUT2D eigenvalue weighted by atomic mass is 9.92. The summed E-state index contributed by atoms with van der Waals surface area (Å²) in [5.41, 5.74) is 1.51. The number of rotatable bonds is 15. The Kier molecular flexibility index (Phi) is 14.9. The lowest BCUT2D eigenvalue weighted by molar-refractivity contribution is 0.510. The fourth-order valence-corrected chi connectivity index (χ4v) is 2.81. The Bertz CT molecular complexity index is 204. The lowest BCUT2D eigenvalue weighted by Gasteiger charge is -2.14. The average Bonchev–Trinajstić information content (AvgIpc) is 2.45. The van der Waals surface area contributed by atoms with Crippen LogP contribution in [0.2, 0.25) is 0 Å². The summed E-state index contributed by atoms with van der Waals surface area (Å²) in [6, 6.07) is 0. The SMILES string of the molecule is C=C(CCCCCCCC)C(C)CCCCCCCC. The minimum atomic E-state index is 0.747. The summed E-state index contributed by atoms with van der Waals surface area (Å²) in [6.45, 7) is 11.3. The van der Waals surface area contributed by atoms with E-state index in [1.807, 2.05) is 0 Å². The highest BCUT2D eigenvalue weighted by Gasteiger charge is 2.06. The fourth-order valence-electron chi connectivity index (χ4n) is 2.81. The van der Waals surface area contributed by atoms with Crippen LogP contribution in [0.1, 0.15) is 111 Å². The van der Waals surface area contributed by atoms with Crippen LogP contribution in [0.15, 0.2) is 12.2 Å². The van der Waals surface area contributed by atoms with Gasteiger partial charge >= 0.3 is 0 Å². The van der Waals surface area contributed by atoms with Crippen LogP contribution in [0, 0.1) is 5.92 Å². The highest BCUT2D eigenvalue weighted by molar-refractivity contribution is 4.98. The third-order valence-electron chi connectivity index (χ3n) is 4.54. The Morgan fingerprint density at radius 2 is 1.15 bits per heavy atom. The van der Waals surface area contributed by atoms with Crippen LogP contribution in [0.5, 0.6) is 0 Å². The molecule has 0 rings (SSSR count). The van der Waals surface area contributed by atoms with Gasteiger partial charge in [-0.05, 0) is 25.2 Å². The molecule has 20 heavy (non-hydrogen) atoms. The zero-order valence-electron chi connectivity index (χ0n) is 14.7. The highest BCUT2D eigenvalue weighted by atomic mass is 14.1. The molecule has 0 N–H and O–H groups in total. The van der Waals surface area contributed by atoms with Crippen molar-refractivity contribution in [2.45, 2.75) is 111 Å². The van der Waals surface area contributed by atoms with Crippen LogP contribution in [-0.4, -0.2) is 0 Å². The zero-order valence-corrected chi connectivity index (χ0v) is 14.7. The summed E-state index contributed by atoms with van der Waals surface area (Å²) < 4.78 is 0. The molecule has 0 aromatic heterocycles. The topological polar surface area (TPSA) is 0 Å². The lowest BCUT2D eigenvalue weighted by Crippen LogP contribution is -1.99. The number of unbranched alkanes of at least 4 members (excludes halogenated alkanes) is 10. The van der Waals surface area contributed by atoms with Gasteiger partial charge in [-0.1, -0.05) is 104 Å². The van der Waals surface area contributed by atoms with Gasteiger partial charge in [-0.25, -0.2) is 0 Å². The summed E-state index contributed by atoms with van der Waals surface area (Å²) in [6.07, 6.45) is 19.5. The summed E-state index contributed by atoms with van der Waals surface area (Å²) in [7, 11) is 0. The van der Waals surface area contributed by atoms with Gasteiger partial charge in [-0.2, -0.15) is 0 Å². The number of allylic oxidation sites excluding steroid dienone is 1. The van der Waals surface area contributed by atoms with Crippen molar-refractivity contribution in [1.82, 2.24) is 0 Å². The zero-order chi connectivity index (χ0) is 15.1. The van der Waals surface area contributed by atoms with E-state index in [1.54, 1.807) is 0 Å². The maximum atomic E-state index is 4.32. The molecule has 0 saturated heterocycles. The first kappa shape index (κ1) is 19.7. The Morgan fingerprint density at radius 1 is 0.700 bits per heavy atom. The molecule has 0 aromatic rings. The van der Waals surface area contributed by atoms with Crippen molar-refractivity contribution in [3.8, 4) is 0 Å². The maximum absolute atomic E-state index is 4.32. The second-order valence-corrected chi connectivity index (χ2v) is 6.63. The third kappa shape index (κ3) is 12.8. The number of hydrogen-bond donors (Lipinski definition) is 0. The maximum Gasteiger partial charge on any atom is -0.0234 e. The van der Waals surface area contributed by atoms with Gasteiger partial charge in [0.15, 0.2) is 0 Å². The van der Waals surface area contributed by atoms with E-state index in [-0.39, 0.29) is 0 Å². The molecule has 1 unspecified atom stereocenters.